The maximum absolute atomic E-state index is 12.9. The first kappa shape index (κ1) is 20.7. The van der Waals surface area contributed by atoms with Crippen LogP contribution >= 0.6 is 0 Å². The van der Waals surface area contributed by atoms with E-state index >= 15 is 0 Å². The summed E-state index contributed by atoms with van der Waals surface area (Å²) < 4.78 is 40.5. The minimum Gasteiger partial charge on any atom is -0.355 e. The van der Waals surface area contributed by atoms with Crippen LogP contribution in [-0.2, 0) is 31.0 Å². The van der Waals surface area contributed by atoms with Crippen molar-refractivity contribution in [1.29, 1.82) is 0 Å². The number of aryl methyl sites for hydroxylation is 1. The van der Waals surface area contributed by atoms with Gasteiger partial charge >= 0.3 is 6.18 Å². The number of hydrogen-bond acceptors (Lipinski definition) is 3. The molecular formula is C23H21F3N4O. The number of alkyl halides is 3. The third kappa shape index (κ3) is 4.19. The zero-order valence-corrected chi connectivity index (χ0v) is 16.9. The van der Waals surface area contributed by atoms with Gasteiger partial charge in [0.05, 0.1) is 17.6 Å². The van der Waals surface area contributed by atoms with Gasteiger partial charge in [-0.1, -0.05) is 12.6 Å². The van der Waals surface area contributed by atoms with E-state index in [1.54, 1.807) is 11.2 Å². The predicted octanol–water partition coefficient (Wildman–Crippen LogP) is 4.92. The Kier molecular flexibility index (Phi) is 5.31. The Morgan fingerprint density at radius 3 is 2.55 bits per heavy atom. The summed E-state index contributed by atoms with van der Waals surface area (Å²) in [6.07, 6.45) is 1.18. The summed E-state index contributed by atoms with van der Waals surface area (Å²) in [6, 6.07) is 8.75. The van der Waals surface area contributed by atoms with Crippen LogP contribution in [0.2, 0.25) is 0 Å². The molecule has 2 aromatic carbocycles. The van der Waals surface area contributed by atoms with Gasteiger partial charge in [0.25, 0.3) is 0 Å². The number of imidazole rings is 1. The Morgan fingerprint density at radius 2 is 1.94 bits per heavy atom. The second kappa shape index (κ2) is 7.94. The second-order valence-electron chi connectivity index (χ2n) is 7.46. The van der Waals surface area contributed by atoms with Crippen molar-refractivity contribution < 1.29 is 18.0 Å². The van der Waals surface area contributed by atoms with Gasteiger partial charge in [-0.2, -0.15) is 13.2 Å². The highest BCUT2D eigenvalue weighted by Crippen LogP contribution is 2.38. The van der Waals surface area contributed by atoms with Crippen LogP contribution in [0.15, 0.2) is 61.6 Å². The Bertz CT molecular complexity index is 1130. The SMILES string of the molecule is C=CC(=O)N1CCc2c(ccc(Nc3ccc(C(F)(F)F)cc3)c2-c2cn(C)cn2)C1. The van der Waals surface area contributed by atoms with Crippen molar-refractivity contribution in [3.63, 3.8) is 0 Å². The molecule has 5 nitrogen and oxygen atoms in total. The van der Waals surface area contributed by atoms with E-state index in [4.69, 9.17) is 0 Å². The maximum Gasteiger partial charge on any atom is 0.416 e. The molecular weight excluding hydrogens is 405 g/mol. The van der Waals surface area contributed by atoms with Crippen LogP contribution in [0.1, 0.15) is 16.7 Å². The number of carbonyl (C=O) groups is 1. The number of amides is 1. The van der Waals surface area contributed by atoms with Gasteiger partial charge in [-0.05, 0) is 54.0 Å². The molecule has 4 rings (SSSR count). The van der Waals surface area contributed by atoms with E-state index in [1.165, 1.54) is 18.2 Å². The predicted molar refractivity (Wildman–Crippen MR) is 113 cm³/mol. The van der Waals surface area contributed by atoms with Gasteiger partial charge < -0.3 is 14.8 Å². The van der Waals surface area contributed by atoms with Gasteiger partial charge in [0.15, 0.2) is 0 Å². The fraction of sp³-hybridized carbons (Fsp3) is 0.217. The summed E-state index contributed by atoms with van der Waals surface area (Å²) >= 11 is 0. The Morgan fingerprint density at radius 1 is 1.19 bits per heavy atom. The van der Waals surface area contributed by atoms with Crippen LogP contribution in [0.4, 0.5) is 24.5 Å². The van der Waals surface area contributed by atoms with E-state index in [0.29, 0.717) is 25.2 Å². The van der Waals surface area contributed by atoms with Gasteiger partial charge in [0.1, 0.15) is 0 Å². The molecule has 1 aromatic heterocycles. The summed E-state index contributed by atoms with van der Waals surface area (Å²) in [4.78, 5) is 18.3. The summed E-state index contributed by atoms with van der Waals surface area (Å²) in [5.74, 6) is -0.114. The largest absolute Gasteiger partial charge is 0.416 e. The molecule has 31 heavy (non-hydrogen) atoms. The minimum absolute atomic E-state index is 0.114. The van der Waals surface area contributed by atoms with Crippen LogP contribution in [0.3, 0.4) is 0 Å². The number of hydrogen-bond donors (Lipinski definition) is 1. The van der Waals surface area contributed by atoms with Crippen LogP contribution in [0.25, 0.3) is 11.3 Å². The number of rotatable bonds is 4. The van der Waals surface area contributed by atoms with Crippen molar-refractivity contribution in [2.24, 2.45) is 7.05 Å². The van der Waals surface area contributed by atoms with Crippen molar-refractivity contribution >= 4 is 17.3 Å². The molecule has 1 aliphatic rings. The Hall–Kier alpha value is -3.55. The summed E-state index contributed by atoms with van der Waals surface area (Å²) in [5, 5.41) is 3.24. The van der Waals surface area contributed by atoms with E-state index < -0.39 is 11.7 Å². The molecule has 0 radical (unpaired) electrons. The van der Waals surface area contributed by atoms with Gasteiger partial charge in [-0.15, -0.1) is 0 Å². The van der Waals surface area contributed by atoms with Crippen LogP contribution in [-0.4, -0.2) is 26.9 Å². The number of carbonyl (C=O) groups excluding carboxylic acids is 1. The topological polar surface area (TPSA) is 50.2 Å². The summed E-state index contributed by atoms with van der Waals surface area (Å²) in [7, 11) is 1.87. The molecule has 2 heterocycles. The lowest BCUT2D eigenvalue weighted by Gasteiger charge is -2.30. The smallest absolute Gasteiger partial charge is 0.355 e. The van der Waals surface area contributed by atoms with Crippen molar-refractivity contribution in [3.8, 4) is 11.3 Å². The molecule has 0 bridgehead atoms. The third-order valence-electron chi connectivity index (χ3n) is 5.34. The van der Waals surface area contributed by atoms with Gasteiger partial charge in [0, 0.05) is 43.3 Å². The van der Waals surface area contributed by atoms with Crippen LogP contribution in [0.5, 0.6) is 0 Å². The van der Waals surface area contributed by atoms with Crippen molar-refractivity contribution in [2.45, 2.75) is 19.1 Å². The second-order valence-corrected chi connectivity index (χ2v) is 7.46. The van der Waals surface area contributed by atoms with E-state index in [9.17, 15) is 18.0 Å². The third-order valence-corrected chi connectivity index (χ3v) is 5.34. The van der Waals surface area contributed by atoms with Crippen molar-refractivity contribution in [1.82, 2.24) is 14.5 Å². The van der Waals surface area contributed by atoms with Gasteiger partial charge in [-0.3, -0.25) is 4.79 Å². The molecule has 1 amide bonds. The highest BCUT2D eigenvalue weighted by molar-refractivity contribution is 5.88. The standard InChI is InChI=1S/C23H21F3N4O/c1-3-21(31)30-11-10-18-15(12-30)4-9-19(22(18)20-13-29(2)14-27-20)28-17-7-5-16(6-8-17)23(24,25)26/h3-9,13-14,28H,1,10-12H2,2H3. The molecule has 0 unspecified atom stereocenters. The quantitative estimate of drug-likeness (QED) is 0.603. The Balaban J connectivity index is 1.73. The van der Waals surface area contributed by atoms with E-state index in [1.807, 2.05) is 29.9 Å². The molecule has 0 atom stereocenters. The molecule has 0 spiro atoms. The zero-order chi connectivity index (χ0) is 22.2. The zero-order valence-electron chi connectivity index (χ0n) is 16.9. The molecule has 1 N–H and O–H groups in total. The van der Waals surface area contributed by atoms with E-state index in [0.717, 1.165) is 40.2 Å². The number of fused-ring (bicyclic) bond motifs is 1. The lowest BCUT2D eigenvalue weighted by molar-refractivity contribution is -0.137. The molecule has 0 saturated heterocycles. The lowest BCUT2D eigenvalue weighted by atomic mass is 9.91. The molecule has 0 saturated carbocycles. The average molecular weight is 426 g/mol. The minimum atomic E-state index is -4.38. The average Bonchev–Trinajstić information content (AvgIpc) is 3.18. The van der Waals surface area contributed by atoms with E-state index in [-0.39, 0.29) is 5.91 Å². The maximum atomic E-state index is 12.9. The fourth-order valence-electron chi connectivity index (χ4n) is 3.81. The summed E-state index contributed by atoms with van der Waals surface area (Å²) in [5.41, 5.74) is 4.34. The monoisotopic (exact) mass is 426 g/mol. The first-order chi connectivity index (χ1) is 14.8. The molecule has 8 heteroatoms. The normalized spacial score (nSPS) is 13.6. The number of benzene rings is 2. The number of nitrogens with one attached hydrogen (secondary N) is 1. The molecule has 3 aromatic rings. The fourth-order valence-corrected chi connectivity index (χ4v) is 3.81. The van der Waals surface area contributed by atoms with Crippen molar-refractivity contribution in [3.05, 3.63) is 78.3 Å². The van der Waals surface area contributed by atoms with Gasteiger partial charge in [-0.25, -0.2) is 4.98 Å². The highest BCUT2D eigenvalue weighted by Gasteiger charge is 2.30. The number of aromatic nitrogens is 2. The van der Waals surface area contributed by atoms with Crippen molar-refractivity contribution in [2.75, 3.05) is 11.9 Å². The number of halogens is 3. The molecule has 160 valence electrons. The molecule has 0 aliphatic carbocycles. The molecule has 1 aliphatic heterocycles. The van der Waals surface area contributed by atoms with E-state index in [2.05, 4.69) is 16.9 Å². The number of nitrogens with zero attached hydrogens (tertiary/aromatic N) is 3. The Labute approximate surface area is 177 Å². The highest BCUT2D eigenvalue weighted by atomic mass is 19.4. The first-order valence-corrected chi connectivity index (χ1v) is 9.75. The lowest BCUT2D eigenvalue weighted by Crippen LogP contribution is -2.35. The molecule has 0 fully saturated rings. The summed E-state index contributed by atoms with van der Waals surface area (Å²) in [6.45, 7) is 4.59. The van der Waals surface area contributed by atoms with Gasteiger partial charge in [0.2, 0.25) is 5.91 Å². The van der Waals surface area contributed by atoms with Crippen LogP contribution < -0.4 is 5.32 Å². The number of anilines is 2. The van der Waals surface area contributed by atoms with Crippen LogP contribution in [0, 0.1) is 0 Å². The first-order valence-electron chi connectivity index (χ1n) is 9.75.